The summed E-state index contributed by atoms with van der Waals surface area (Å²) in [4.78, 5) is 4.82. The van der Waals surface area contributed by atoms with Gasteiger partial charge >= 0.3 is 0 Å². The van der Waals surface area contributed by atoms with Crippen molar-refractivity contribution in [1.82, 2.24) is 25.1 Å². The molecule has 0 saturated heterocycles. The first-order valence-electron chi connectivity index (χ1n) is 9.93. The van der Waals surface area contributed by atoms with E-state index in [0.717, 1.165) is 37.1 Å². The fourth-order valence-corrected chi connectivity index (χ4v) is 3.31. The quantitative estimate of drug-likeness (QED) is 0.590. The van der Waals surface area contributed by atoms with Crippen molar-refractivity contribution in [2.75, 3.05) is 12.8 Å². The van der Waals surface area contributed by atoms with E-state index in [4.69, 9.17) is 15.5 Å². The molecule has 7 nitrogen and oxygen atoms in total. The van der Waals surface area contributed by atoms with Gasteiger partial charge in [0.2, 0.25) is 0 Å². The summed E-state index contributed by atoms with van der Waals surface area (Å²) in [5, 5.41) is 11.5. The SMILES string of the molecule is CCCCc1nc2c(N)nnc(OC(C)C)c2n1Cc1cccc(CNC)c1. The molecule has 0 aliphatic rings. The summed E-state index contributed by atoms with van der Waals surface area (Å²) in [5.41, 5.74) is 10.1. The molecule has 0 aliphatic heterocycles. The van der Waals surface area contributed by atoms with Crippen LogP contribution in [0.25, 0.3) is 11.0 Å². The predicted octanol–water partition coefficient (Wildman–Crippen LogP) is 3.31. The van der Waals surface area contributed by atoms with Gasteiger partial charge in [-0.25, -0.2) is 4.98 Å². The van der Waals surface area contributed by atoms with Crippen molar-refractivity contribution in [1.29, 1.82) is 0 Å². The Hall–Kier alpha value is -2.67. The van der Waals surface area contributed by atoms with Gasteiger partial charge in [0.25, 0.3) is 5.88 Å². The second kappa shape index (κ2) is 9.01. The summed E-state index contributed by atoms with van der Waals surface area (Å²) in [7, 11) is 1.95. The van der Waals surface area contributed by atoms with E-state index in [-0.39, 0.29) is 6.10 Å². The maximum absolute atomic E-state index is 6.11. The van der Waals surface area contributed by atoms with Crippen molar-refractivity contribution >= 4 is 16.9 Å². The normalized spacial score (nSPS) is 11.5. The Morgan fingerprint density at radius 3 is 2.71 bits per heavy atom. The minimum Gasteiger partial charge on any atom is -0.472 e. The summed E-state index contributed by atoms with van der Waals surface area (Å²) >= 11 is 0. The number of nitrogen functional groups attached to an aromatic ring is 1. The van der Waals surface area contributed by atoms with Crippen LogP contribution in [0, 0.1) is 0 Å². The maximum Gasteiger partial charge on any atom is 0.260 e. The molecule has 0 spiro atoms. The number of nitrogens with two attached hydrogens (primary N) is 1. The Morgan fingerprint density at radius 1 is 1.21 bits per heavy atom. The number of imidazole rings is 1. The number of aromatic nitrogens is 4. The van der Waals surface area contributed by atoms with Gasteiger partial charge in [0, 0.05) is 19.5 Å². The van der Waals surface area contributed by atoms with Gasteiger partial charge in [-0.05, 0) is 38.4 Å². The molecule has 0 saturated carbocycles. The van der Waals surface area contributed by atoms with Crippen LogP contribution in [0.3, 0.4) is 0 Å². The fourth-order valence-electron chi connectivity index (χ4n) is 3.31. The second-order valence-electron chi connectivity index (χ2n) is 7.32. The fraction of sp³-hybridized carbons (Fsp3) is 0.476. The third kappa shape index (κ3) is 4.42. The molecule has 3 N–H and O–H groups in total. The number of fused-ring (bicyclic) bond motifs is 1. The van der Waals surface area contributed by atoms with Gasteiger partial charge in [-0.3, -0.25) is 0 Å². The minimum atomic E-state index is -0.0116. The molecule has 28 heavy (non-hydrogen) atoms. The van der Waals surface area contributed by atoms with Crippen LogP contribution in [0.15, 0.2) is 24.3 Å². The van der Waals surface area contributed by atoms with E-state index < -0.39 is 0 Å². The third-order valence-electron chi connectivity index (χ3n) is 4.55. The average Bonchev–Trinajstić information content (AvgIpc) is 3.02. The molecule has 0 radical (unpaired) electrons. The summed E-state index contributed by atoms with van der Waals surface area (Å²) in [6, 6.07) is 8.57. The first-order valence-corrected chi connectivity index (χ1v) is 9.93. The highest BCUT2D eigenvalue weighted by atomic mass is 16.5. The zero-order chi connectivity index (χ0) is 20.1. The van der Waals surface area contributed by atoms with Gasteiger partial charge in [0.05, 0.1) is 6.10 Å². The molecule has 0 fully saturated rings. The largest absolute Gasteiger partial charge is 0.472 e. The highest BCUT2D eigenvalue weighted by Gasteiger charge is 2.20. The van der Waals surface area contributed by atoms with Crippen LogP contribution in [-0.4, -0.2) is 32.9 Å². The van der Waals surface area contributed by atoms with Crippen molar-refractivity contribution in [2.24, 2.45) is 0 Å². The van der Waals surface area contributed by atoms with E-state index in [9.17, 15) is 0 Å². The molecule has 150 valence electrons. The van der Waals surface area contributed by atoms with Crippen molar-refractivity contribution in [3.63, 3.8) is 0 Å². The summed E-state index contributed by atoms with van der Waals surface area (Å²) in [6.45, 7) is 7.65. The Bertz CT molecular complexity index is 934. The number of ether oxygens (including phenoxy) is 1. The summed E-state index contributed by atoms with van der Waals surface area (Å²) in [6.07, 6.45) is 3.02. The van der Waals surface area contributed by atoms with E-state index in [1.807, 2.05) is 20.9 Å². The predicted molar refractivity (Wildman–Crippen MR) is 112 cm³/mol. The zero-order valence-corrected chi connectivity index (χ0v) is 17.2. The van der Waals surface area contributed by atoms with Crippen LogP contribution >= 0.6 is 0 Å². The van der Waals surface area contributed by atoms with E-state index in [0.29, 0.717) is 23.8 Å². The van der Waals surface area contributed by atoms with Gasteiger partial charge in [0.1, 0.15) is 16.9 Å². The second-order valence-corrected chi connectivity index (χ2v) is 7.32. The minimum absolute atomic E-state index is 0.0116. The monoisotopic (exact) mass is 382 g/mol. The smallest absolute Gasteiger partial charge is 0.260 e. The zero-order valence-electron chi connectivity index (χ0n) is 17.2. The number of hydrogen-bond donors (Lipinski definition) is 2. The first kappa shape index (κ1) is 20.1. The first-order chi connectivity index (χ1) is 13.5. The lowest BCUT2D eigenvalue weighted by molar-refractivity contribution is 0.232. The van der Waals surface area contributed by atoms with Gasteiger partial charge in [0.15, 0.2) is 5.82 Å². The van der Waals surface area contributed by atoms with Gasteiger partial charge in [-0.2, -0.15) is 0 Å². The number of anilines is 1. The summed E-state index contributed by atoms with van der Waals surface area (Å²) < 4.78 is 8.13. The number of aryl methyl sites for hydroxylation is 1. The molecule has 3 rings (SSSR count). The Balaban J connectivity index is 2.11. The van der Waals surface area contributed by atoms with Crippen LogP contribution in [0.4, 0.5) is 5.82 Å². The summed E-state index contributed by atoms with van der Waals surface area (Å²) in [5.74, 6) is 1.82. The molecule has 2 heterocycles. The molecule has 0 atom stereocenters. The standard InChI is InChI=1S/C21H30N6O/c1-5-6-10-17-24-18-19(21(28-14(2)3)26-25-20(18)22)27(17)13-16-9-7-8-15(11-16)12-23-4/h7-9,11,14,23H,5-6,10,12-13H2,1-4H3,(H2,22,25). The number of unbranched alkanes of at least 4 members (excludes halogenated alkanes) is 1. The van der Waals surface area contributed by atoms with E-state index in [1.165, 1.54) is 11.1 Å². The Labute approximate surface area is 166 Å². The van der Waals surface area contributed by atoms with Gasteiger partial charge in [-0.1, -0.05) is 37.6 Å². The number of rotatable bonds is 9. The lowest BCUT2D eigenvalue weighted by Crippen LogP contribution is -2.12. The van der Waals surface area contributed by atoms with Crippen LogP contribution in [0.2, 0.25) is 0 Å². The molecule has 1 aromatic carbocycles. The number of hydrogen-bond acceptors (Lipinski definition) is 6. The number of nitrogens with one attached hydrogen (secondary N) is 1. The molecule has 0 amide bonds. The highest BCUT2D eigenvalue weighted by Crippen LogP contribution is 2.29. The van der Waals surface area contributed by atoms with Gasteiger partial charge < -0.3 is 20.4 Å². The van der Waals surface area contributed by atoms with Crippen LogP contribution in [-0.2, 0) is 19.5 Å². The topological polar surface area (TPSA) is 90.9 Å². The molecular weight excluding hydrogens is 352 g/mol. The highest BCUT2D eigenvalue weighted by molar-refractivity contribution is 5.88. The molecule has 2 aromatic heterocycles. The van der Waals surface area contributed by atoms with E-state index >= 15 is 0 Å². The van der Waals surface area contributed by atoms with E-state index in [2.05, 4.69) is 51.3 Å². The molecule has 0 bridgehead atoms. The Morgan fingerprint density at radius 2 is 2.00 bits per heavy atom. The van der Waals surface area contributed by atoms with Crippen LogP contribution < -0.4 is 15.8 Å². The average molecular weight is 383 g/mol. The molecule has 7 heteroatoms. The Kier molecular flexibility index (Phi) is 6.46. The van der Waals surface area contributed by atoms with Crippen molar-refractivity contribution in [3.8, 4) is 5.88 Å². The van der Waals surface area contributed by atoms with Crippen molar-refractivity contribution in [2.45, 2.75) is 59.2 Å². The lowest BCUT2D eigenvalue weighted by atomic mass is 10.1. The van der Waals surface area contributed by atoms with E-state index in [1.54, 1.807) is 0 Å². The molecule has 3 aromatic rings. The van der Waals surface area contributed by atoms with Crippen LogP contribution in [0.1, 0.15) is 50.6 Å². The molecular formula is C21H30N6O. The molecule has 0 unspecified atom stereocenters. The van der Waals surface area contributed by atoms with Crippen molar-refractivity contribution < 1.29 is 4.74 Å². The van der Waals surface area contributed by atoms with Crippen molar-refractivity contribution in [3.05, 3.63) is 41.2 Å². The maximum atomic E-state index is 6.11. The number of nitrogens with zero attached hydrogens (tertiary/aromatic N) is 4. The van der Waals surface area contributed by atoms with Gasteiger partial charge in [-0.15, -0.1) is 10.2 Å². The molecule has 0 aliphatic carbocycles. The lowest BCUT2D eigenvalue weighted by Gasteiger charge is -2.14. The number of benzene rings is 1. The van der Waals surface area contributed by atoms with Crippen LogP contribution in [0.5, 0.6) is 5.88 Å². The third-order valence-corrected chi connectivity index (χ3v) is 4.55.